The highest BCUT2D eigenvalue weighted by Crippen LogP contribution is 2.32. The molecule has 0 saturated carbocycles. The number of Topliss-reactive ketones (excluding diaryl/α,β-unsaturated/α-hetero) is 2. The number of rotatable bonds is 3. The van der Waals surface area contributed by atoms with Gasteiger partial charge in [0, 0.05) is 19.5 Å². The van der Waals surface area contributed by atoms with E-state index < -0.39 is 17.4 Å². The van der Waals surface area contributed by atoms with Crippen molar-refractivity contribution < 1.29 is 19.5 Å². The van der Waals surface area contributed by atoms with Gasteiger partial charge in [-0.25, -0.2) is 4.79 Å². The number of hydrogen-bond acceptors (Lipinski definition) is 4. The quantitative estimate of drug-likeness (QED) is 0.767. The minimum atomic E-state index is -1.23. The fourth-order valence-electron chi connectivity index (χ4n) is 2.20. The third kappa shape index (κ3) is 3.56. The molecule has 1 amide bonds. The van der Waals surface area contributed by atoms with Gasteiger partial charge in [0.25, 0.3) is 0 Å². The van der Waals surface area contributed by atoms with Crippen LogP contribution in [0.25, 0.3) is 0 Å². The molecular formula is C13H20N2O4. The number of amides is 1. The molecule has 0 radical (unpaired) electrons. The van der Waals surface area contributed by atoms with Crippen molar-refractivity contribution in [1.82, 2.24) is 9.80 Å². The van der Waals surface area contributed by atoms with Crippen molar-refractivity contribution in [3.05, 3.63) is 12.3 Å². The first kappa shape index (κ1) is 15.2. The van der Waals surface area contributed by atoms with Crippen LogP contribution in [-0.4, -0.2) is 59.8 Å². The van der Waals surface area contributed by atoms with E-state index in [1.807, 2.05) is 38.9 Å². The van der Waals surface area contributed by atoms with Crippen LogP contribution in [0.15, 0.2) is 12.3 Å². The van der Waals surface area contributed by atoms with Crippen molar-refractivity contribution in [2.24, 2.45) is 11.3 Å². The molecule has 0 atom stereocenters. The zero-order valence-corrected chi connectivity index (χ0v) is 11.7. The Bertz CT molecular complexity index is 408. The van der Waals surface area contributed by atoms with Crippen molar-refractivity contribution in [3.63, 3.8) is 0 Å². The van der Waals surface area contributed by atoms with Crippen molar-refractivity contribution in [1.29, 1.82) is 0 Å². The molecule has 1 saturated heterocycles. The molecule has 19 heavy (non-hydrogen) atoms. The second-order valence-electron chi connectivity index (χ2n) is 5.60. The maximum absolute atomic E-state index is 12.0. The molecule has 6 nitrogen and oxygen atoms in total. The van der Waals surface area contributed by atoms with Gasteiger partial charge in [-0.3, -0.25) is 14.5 Å². The Morgan fingerprint density at radius 1 is 1.32 bits per heavy atom. The van der Waals surface area contributed by atoms with Crippen LogP contribution in [0.4, 0.5) is 4.79 Å². The first-order chi connectivity index (χ1) is 8.65. The van der Waals surface area contributed by atoms with Crippen molar-refractivity contribution in [2.45, 2.75) is 13.8 Å². The number of carbonyl (C=O) groups excluding carboxylic acids is 2. The highest BCUT2D eigenvalue weighted by molar-refractivity contribution is 6.08. The zero-order valence-electron chi connectivity index (χ0n) is 11.7. The lowest BCUT2D eigenvalue weighted by molar-refractivity contribution is -0.141. The maximum atomic E-state index is 12.0. The lowest BCUT2D eigenvalue weighted by Gasteiger charge is -2.35. The summed E-state index contributed by atoms with van der Waals surface area (Å²) in [6.07, 6.45) is 2.37. The first-order valence-corrected chi connectivity index (χ1v) is 6.04. The molecule has 1 heterocycles. The van der Waals surface area contributed by atoms with E-state index in [1.165, 1.54) is 0 Å². The van der Waals surface area contributed by atoms with Crippen LogP contribution in [-0.2, 0) is 9.59 Å². The standard InChI is InChI=1S/C13H20N2O4/c1-13(2,5-6-14(3)4)11-9(16)7-15(12(18)19)8-10(11)17/h5-6,11H,7-8H2,1-4H3,(H,18,19). The van der Waals surface area contributed by atoms with E-state index in [4.69, 9.17) is 5.11 Å². The van der Waals surface area contributed by atoms with Crippen molar-refractivity contribution >= 4 is 17.7 Å². The number of allylic oxidation sites excluding steroid dienone is 1. The highest BCUT2D eigenvalue weighted by atomic mass is 16.4. The molecule has 0 aromatic rings. The molecule has 0 spiro atoms. The van der Waals surface area contributed by atoms with Crippen LogP contribution in [0.1, 0.15) is 13.8 Å². The Kier molecular flexibility index (Phi) is 4.34. The second kappa shape index (κ2) is 5.42. The van der Waals surface area contributed by atoms with Crippen molar-refractivity contribution in [2.75, 3.05) is 27.2 Å². The van der Waals surface area contributed by atoms with Gasteiger partial charge in [0.15, 0.2) is 11.6 Å². The summed E-state index contributed by atoms with van der Waals surface area (Å²) < 4.78 is 0. The van der Waals surface area contributed by atoms with Gasteiger partial charge < -0.3 is 10.0 Å². The third-order valence-electron chi connectivity index (χ3n) is 3.15. The van der Waals surface area contributed by atoms with Crippen LogP contribution in [0, 0.1) is 11.3 Å². The van der Waals surface area contributed by atoms with Crippen LogP contribution >= 0.6 is 0 Å². The first-order valence-electron chi connectivity index (χ1n) is 6.04. The van der Waals surface area contributed by atoms with E-state index >= 15 is 0 Å². The summed E-state index contributed by atoms with van der Waals surface area (Å²) in [6, 6.07) is 0. The van der Waals surface area contributed by atoms with E-state index in [1.54, 1.807) is 6.20 Å². The van der Waals surface area contributed by atoms with Crippen LogP contribution in [0.5, 0.6) is 0 Å². The molecule has 1 aliphatic heterocycles. The number of hydrogen-bond donors (Lipinski definition) is 1. The monoisotopic (exact) mass is 268 g/mol. The third-order valence-corrected chi connectivity index (χ3v) is 3.15. The Labute approximate surface area is 112 Å². The molecule has 1 fully saturated rings. The SMILES string of the molecule is CN(C)C=CC(C)(C)C1C(=O)CN(C(=O)O)CC1=O. The topological polar surface area (TPSA) is 77.9 Å². The molecule has 0 unspecified atom stereocenters. The van der Waals surface area contributed by atoms with Gasteiger partial charge in [-0.1, -0.05) is 19.9 Å². The summed E-state index contributed by atoms with van der Waals surface area (Å²) in [6.45, 7) is 3.18. The number of nitrogens with zero attached hydrogens (tertiary/aromatic N) is 2. The maximum Gasteiger partial charge on any atom is 0.408 e. The molecule has 1 aliphatic rings. The Hall–Kier alpha value is -1.85. The summed E-state index contributed by atoms with van der Waals surface area (Å²) >= 11 is 0. The lowest BCUT2D eigenvalue weighted by atomic mass is 9.72. The predicted octanol–water partition coefficient (Wildman–Crippen LogP) is 0.836. The Morgan fingerprint density at radius 2 is 1.79 bits per heavy atom. The fourth-order valence-corrected chi connectivity index (χ4v) is 2.20. The second-order valence-corrected chi connectivity index (χ2v) is 5.60. The molecule has 1 N–H and O–H groups in total. The van der Waals surface area contributed by atoms with Gasteiger partial charge in [0.05, 0.1) is 19.0 Å². The minimum Gasteiger partial charge on any atom is -0.465 e. The van der Waals surface area contributed by atoms with E-state index in [2.05, 4.69) is 0 Å². The van der Waals surface area contributed by atoms with Crippen LogP contribution in [0.2, 0.25) is 0 Å². The van der Waals surface area contributed by atoms with E-state index in [0.717, 1.165) is 4.90 Å². The summed E-state index contributed by atoms with van der Waals surface area (Å²) in [5, 5.41) is 8.84. The Balaban J connectivity index is 2.92. The molecule has 0 bridgehead atoms. The number of likely N-dealkylation sites (tertiary alicyclic amines) is 1. The number of ketones is 2. The smallest absolute Gasteiger partial charge is 0.408 e. The largest absolute Gasteiger partial charge is 0.465 e. The average molecular weight is 268 g/mol. The summed E-state index contributed by atoms with van der Waals surface area (Å²) in [4.78, 5) is 37.6. The summed E-state index contributed by atoms with van der Waals surface area (Å²) in [7, 11) is 3.70. The van der Waals surface area contributed by atoms with Gasteiger partial charge in [-0.15, -0.1) is 0 Å². The van der Waals surface area contributed by atoms with Gasteiger partial charge >= 0.3 is 6.09 Å². The minimum absolute atomic E-state index is 0.217. The number of piperidine rings is 1. The molecule has 6 heteroatoms. The average Bonchev–Trinajstić information content (AvgIpc) is 2.25. The fraction of sp³-hybridized carbons (Fsp3) is 0.615. The molecule has 0 aliphatic carbocycles. The molecule has 1 rings (SSSR count). The zero-order chi connectivity index (χ0) is 14.8. The molecular weight excluding hydrogens is 248 g/mol. The lowest BCUT2D eigenvalue weighted by Crippen LogP contribution is -2.53. The van der Waals surface area contributed by atoms with E-state index in [9.17, 15) is 14.4 Å². The van der Waals surface area contributed by atoms with Gasteiger partial charge in [-0.2, -0.15) is 0 Å². The molecule has 106 valence electrons. The Morgan fingerprint density at radius 3 is 2.16 bits per heavy atom. The van der Waals surface area contributed by atoms with Crippen molar-refractivity contribution in [3.8, 4) is 0 Å². The predicted molar refractivity (Wildman–Crippen MR) is 69.7 cm³/mol. The number of carbonyl (C=O) groups is 3. The van der Waals surface area contributed by atoms with Crippen LogP contribution < -0.4 is 0 Å². The number of carboxylic acid groups (broad SMARTS) is 1. The van der Waals surface area contributed by atoms with Gasteiger partial charge in [-0.05, 0) is 6.20 Å². The van der Waals surface area contributed by atoms with Crippen LogP contribution in [0.3, 0.4) is 0 Å². The molecule has 0 aromatic carbocycles. The van der Waals surface area contributed by atoms with Gasteiger partial charge in [0.1, 0.15) is 0 Å². The summed E-state index contributed by atoms with van der Waals surface area (Å²) in [5.74, 6) is -1.46. The highest BCUT2D eigenvalue weighted by Gasteiger charge is 2.44. The normalized spacial score (nSPS) is 18.2. The molecule has 0 aromatic heterocycles. The van der Waals surface area contributed by atoms with E-state index in [-0.39, 0.29) is 24.7 Å². The van der Waals surface area contributed by atoms with Gasteiger partial charge in [0.2, 0.25) is 0 Å². The van der Waals surface area contributed by atoms with E-state index in [0.29, 0.717) is 0 Å². The summed E-state index contributed by atoms with van der Waals surface area (Å²) in [5.41, 5.74) is -0.622.